The van der Waals surface area contributed by atoms with Gasteiger partial charge in [0.25, 0.3) is 0 Å². The van der Waals surface area contributed by atoms with Gasteiger partial charge in [-0.25, -0.2) is 0 Å². The molecule has 1 rings (SSSR count). The van der Waals surface area contributed by atoms with Crippen LogP contribution >= 0.6 is 12.4 Å². The third-order valence-electron chi connectivity index (χ3n) is 3.89. The molecule has 0 spiro atoms. The summed E-state index contributed by atoms with van der Waals surface area (Å²) in [5.41, 5.74) is -0.369. The molecular weight excluding hydrogens is 290 g/mol. The first-order valence-corrected chi connectivity index (χ1v) is 7.54. The Kier molecular flexibility index (Phi) is 8.26. The van der Waals surface area contributed by atoms with Gasteiger partial charge in [0.15, 0.2) is 0 Å². The summed E-state index contributed by atoms with van der Waals surface area (Å²) >= 11 is 0. The molecule has 0 aromatic rings. The molecule has 6 heteroatoms. The van der Waals surface area contributed by atoms with E-state index in [4.69, 9.17) is 0 Å². The second-order valence-electron chi connectivity index (χ2n) is 6.68. The first-order chi connectivity index (χ1) is 9.23. The molecule has 0 bridgehead atoms. The highest BCUT2D eigenvalue weighted by molar-refractivity contribution is 5.85. The van der Waals surface area contributed by atoms with Crippen molar-refractivity contribution in [1.82, 2.24) is 15.5 Å². The van der Waals surface area contributed by atoms with Gasteiger partial charge in [0.1, 0.15) is 0 Å². The molecular formula is C15H30ClN3O2. The van der Waals surface area contributed by atoms with E-state index in [1.165, 1.54) is 0 Å². The van der Waals surface area contributed by atoms with Gasteiger partial charge in [-0.3, -0.25) is 9.59 Å². The predicted octanol–water partition coefficient (Wildman–Crippen LogP) is 1.56. The minimum atomic E-state index is -0.369. The van der Waals surface area contributed by atoms with Crippen LogP contribution in [0.1, 0.15) is 47.5 Å². The molecule has 2 N–H and O–H groups in total. The van der Waals surface area contributed by atoms with E-state index in [9.17, 15) is 9.59 Å². The number of amides is 2. The number of hydrogen-bond acceptors (Lipinski definition) is 3. The van der Waals surface area contributed by atoms with Crippen molar-refractivity contribution in [2.24, 2.45) is 5.41 Å². The number of halogens is 1. The summed E-state index contributed by atoms with van der Waals surface area (Å²) in [5.74, 6) is 0.227. The highest BCUT2D eigenvalue weighted by atomic mass is 35.5. The molecule has 0 saturated carbocycles. The SMILES string of the molecule is CC1NCCN(C(=O)CCCNC(=O)C(C)(C)C)C1C.Cl. The highest BCUT2D eigenvalue weighted by Crippen LogP contribution is 2.13. The maximum Gasteiger partial charge on any atom is 0.225 e. The lowest BCUT2D eigenvalue weighted by Crippen LogP contribution is -2.57. The summed E-state index contributed by atoms with van der Waals surface area (Å²) in [4.78, 5) is 25.8. The molecule has 5 nitrogen and oxygen atoms in total. The zero-order valence-corrected chi connectivity index (χ0v) is 14.7. The Bertz CT molecular complexity index is 355. The highest BCUT2D eigenvalue weighted by Gasteiger charge is 2.27. The van der Waals surface area contributed by atoms with Crippen LogP contribution in [0.5, 0.6) is 0 Å². The van der Waals surface area contributed by atoms with E-state index < -0.39 is 0 Å². The first kappa shape index (κ1) is 20.2. The number of hydrogen-bond donors (Lipinski definition) is 2. The van der Waals surface area contributed by atoms with Gasteiger partial charge < -0.3 is 15.5 Å². The van der Waals surface area contributed by atoms with E-state index in [0.717, 1.165) is 13.1 Å². The molecule has 1 saturated heterocycles. The fourth-order valence-corrected chi connectivity index (χ4v) is 2.26. The van der Waals surface area contributed by atoms with Crippen molar-refractivity contribution >= 4 is 24.2 Å². The lowest BCUT2D eigenvalue weighted by Gasteiger charge is -2.38. The molecule has 0 aliphatic carbocycles. The van der Waals surface area contributed by atoms with E-state index in [2.05, 4.69) is 24.5 Å². The van der Waals surface area contributed by atoms with E-state index >= 15 is 0 Å². The average Bonchev–Trinajstić information content (AvgIpc) is 2.36. The standard InChI is InChI=1S/C15H29N3O2.ClH/c1-11-12(2)18(10-9-16-11)13(19)7-6-8-17-14(20)15(3,4)5;/h11-12,16H,6-10H2,1-5H3,(H,17,20);1H. The average molecular weight is 320 g/mol. The number of piperazine rings is 1. The van der Waals surface area contributed by atoms with Crippen molar-refractivity contribution in [3.05, 3.63) is 0 Å². The maximum absolute atomic E-state index is 12.2. The van der Waals surface area contributed by atoms with E-state index in [1.54, 1.807) is 0 Å². The largest absolute Gasteiger partial charge is 0.356 e. The van der Waals surface area contributed by atoms with Crippen LogP contribution in [-0.2, 0) is 9.59 Å². The first-order valence-electron chi connectivity index (χ1n) is 7.54. The van der Waals surface area contributed by atoms with E-state index in [-0.39, 0.29) is 35.7 Å². The fraction of sp³-hybridized carbons (Fsp3) is 0.867. The van der Waals surface area contributed by atoms with Crippen LogP contribution in [0.4, 0.5) is 0 Å². The molecule has 1 fully saturated rings. The van der Waals surface area contributed by atoms with Crippen LogP contribution in [-0.4, -0.2) is 48.4 Å². The van der Waals surface area contributed by atoms with Crippen LogP contribution in [0, 0.1) is 5.41 Å². The summed E-state index contributed by atoms with van der Waals surface area (Å²) in [6.07, 6.45) is 1.20. The molecule has 2 unspecified atom stereocenters. The summed E-state index contributed by atoms with van der Waals surface area (Å²) < 4.78 is 0. The molecule has 0 aromatic heterocycles. The minimum absolute atomic E-state index is 0. The Morgan fingerprint density at radius 2 is 1.90 bits per heavy atom. The van der Waals surface area contributed by atoms with Gasteiger partial charge >= 0.3 is 0 Å². The topological polar surface area (TPSA) is 61.4 Å². The molecule has 2 atom stereocenters. The third-order valence-corrected chi connectivity index (χ3v) is 3.89. The van der Waals surface area contributed by atoms with Crippen LogP contribution in [0.3, 0.4) is 0 Å². The Morgan fingerprint density at radius 1 is 1.29 bits per heavy atom. The second-order valence-corrected chi connectivity index (χ2v) is 6.68. The van der Waals surface area contributed by atoms with Crippen molar-refractivity contribution in [1.29, 1.82) is 0 Å². The molecule has 1 aliphatic heterocycles. The number of nitrogens with zero attached hydrogens (tertiary/aromatic N) is 1. The molecule has 21 heavy (non-hydrogen) atoms. The molecule has 1 aliphatic rings. The smallest absolute Gasteiger partial charge is 0.225 e. The molecule has 124 valence electrons. The number of nitrogens with one attached hydrogen (secondary N) is 2. The fourth-order valence-electron chi connectivity index (χ4n) is 2.26. The minimum Gasteiger partial charge on any atom is -0.356 e. The van der Waals surface area contributed by atoms with Gasteiger partial charge in [-0.15, -0.1) is 12.4 Å². The lowest BCUT2D eigenvalue weighted by atomic mass is 9.96. The Labute approximate surface area is 134 Å². The summed E-state index contributed by atoms with van der Waals surface area (Å²) in [6.45, 7) is 12.0. The molecule has 0 radical (unpaired) electrons. The second kappa shape index (κ2) is 8.59. The van der Waals surface area contributed by atoms with Crippen molar-refractivity contribution in [3.63, 3.8) is 0 Å². The number of rotatable bonds is 4. The van der Waals surface area contributed by atoms with E-state index in [1.807, 2.05) is 25.7 Å². The monoisotopic (exact) mass is 319 g/mol. The zero-order chi connectivity index (χ0) is 15.3. The van der Waals surface area contributed by atoms with Crippen molar-refractivity contribution in [3.8, 4) is 0 Å². The quantitative estimate of drug-likeness (QED) is 0.773. The van der Waals surface area contributed by atoms with Gasteiger partial charge in [0, 0.05) is 43.6 Å². The van der Waals surface area contributed by atoms with Crippen LogP contribution in [0.2, 0.25) is 0 Å². The van der Waals surface area contributed by atoms with Crippen LogP contribution < -0.4 is 10.6 Å². The zero-order valence-electron chi connectivity index (χ0n) is 13.9. The lowest BCUT2D eigenvalue weighted by molar-refractivity contribution is -0.135. The van der Waals surface area contributed by atoms with Crippen molar-refractivity contribution < 1.29 is 9.59 Å². The van der Waals surface area contributed by atoms with Gasteiger partial charge in [-0.05, 0) is 20.3 Å². The molecule has 0 aromatic carbocycles. The maximum atomic E-state index is 12.2. The molecule has 2 amide bonds. The summed E-state index contributed by atoms with van der Waals surface area (Å²) in [6, 6.07) is 0.578. The van der Waals surface area contributed by atoms with Gasteiger partial charge in [-0.1, -0.05) is 20.8 Å². The Morgan fingerprint density at radius 3 is 2.48 bits per heavy atom. The Balaban J connectivity index is 0.00000400. The summed E-state index contributed by atoms with van der Waals surface area (Å²) in [5, 5.41) is 6.24. The normalized spacial score (nSPS) is 22.4. The number of carbonyl (C=O) groups is 2. The van der Waals surface area contributed by atoms with Gasteiger partial charge in [0.05, 0.1) is 0 Å². The number of carbonyl (C=O) groups excluding carboxylic acids is 2. The summed E-state index contributed by atoms with van der Waals surface area (Å²) in [7, 11) is 0. The van der Waals surface area contributed by atoms with Crippen LogP contribution in [0.15, 0.2) is 0 Å². The predicted molar refractivity (Wildman–Crippen MR) is 87.6 cm³/mol. The van der Waals surface area contributed by atoms with Crippen molar-refractivity contribution in [2.75, 3.05) is 19.6 Å². The molecule has 1 heterocycles. The van der Waals surface area contributed by atoms with Gasteiger partial charge in [0.2, 0.25) is 11.8 Å². The third kappa shape index (κ3) is 6.22. The van der Waals surface area contributed by atoms with Gasteiger partial charge in [-0.2, -0.15) is 0 Å². The van der Waals surface area contributed by atoms with E-state index in [0.29, 0.717) is 25.4 Å². The Hall–Kier alpha value is -0.810. The van der Waals surface area contributed by atoms with Crippen LogP contribution in [0.25, 0.3) is 0 Å². The van der Waals surface area contributed by atoms with Crippen molar-refractivity contribution in [2.45, 2.75) is 59.5 Å².